The van der Waals surface area contributed by atoms with Crippen LogP contribution in [0.15, 0.2) is 52.9 Å². The van der Waals surface area contributed by atoms with Crippen LogP contribution < -0.4 is 5.32 Å². The highest BCUT2D eigenvalue weighted by Gasteiger charge is 2.20. The van der Waals surface area contributed by atoms with Gasteiger partial charge in [0.2, 0.25) is 5.13 Å². The van der Waals surface area contributed by atoms with E-state index in [0.29, 0.717) is 0 Å². The lowest BCUT2D eigenvalue weighted by Gasteiger charge is -2.19. The largest absolute Gasteiger partial charge is 0.330 e. The lowest BCUT2D eigenvalue weighted by atomic mass is 9.86. The van der Waals surface area contributed by atoms with E-state index in [-0.39, 0.29) is 16.4 Å². The molecule has 1 N–H and O–H groups in total. The summed E-state index contributed by atoms with van der Waals surface area (Å²) in [7, 11) is 0. The Labute approximate surface area is 174 Å². The minimum Gasteiger partial charge on any atom is -0.330 e. The maximum Gasteiger partial charge on any atom is 0.210 e. The van der Waals surface area contributed by atoms with Gasteiger partial charge in [-0.25, -0.2) is 0 Å². The predicted octanol–water partition coefficient (Wildman–Crippen LogP) is 6.25. The summed E-state index contributed by atoms with van der Waals surface area (Å²) in [6.45, 7) is 10.5. The fourth-order valence-electron chi connectivity index (χ4n) is 2.71. The Balaban J connectivity index is 1.64. The molecule has 3 aromatic rings. The highest BCUT2D eigenvalue weighted by Crippen LogP contribution is 2.32. The van der Waals surface area contributed by atoms with Crippen molar-refractivity contribution in [1.82, 2.24) is 10.2 Å². The molecule has 0 aliphatic heterocycles. The molecule has 4 nitrogen and oxygen atoms in total. The van der Waals surface area contributed by atoms with Gasteiger partial charge in [0.25, 0.3) is 0 Å². The summed E-state index contributed by atoms with van der Waals surface area (Å²) < 4.78 is 0.781. The van der Waals surface area contributed by atoms with Crippen LogP contribution in [0.2, 0.25) is 0 Å². The van der Waals surface area contributed by atoms with Crippen molar-refractivity contribution in [2.75, 3.05) is 5.32 Å². The number of benzene rings is 2. The van der Waals surface area contributed by atoms with Gasteiger partial charge in [-0.15, -0.1) is 10.2 Å². The van der Waals surface area contributed by atoms with Crippen LogP contribution in [0.4, 0.5) is 10.8 Å². The van der Waals surface area contributed by atoms with Crippen LogP contribution >= 0.6 is 23.1 Å². The normalized spacial score (nSPS) is 12.6. The summed E-state index contributed by atoms with van der Waals surface area (Å²) in [6, 6.07) is 16.0. The molecule has 1 aromatic heterocycles. The quantitative estimate of drug-likeness (QED) is 0.384. The van der Waals surface area contributed by atoms with Gasteiger partial charge in [-0.1, -0.05) is 86.3 Å². The fraction of sp³-hybridized carbons (Fsp3) is 0.318. The van der Waals surface area contributed by atoms with Crippen LogP contribution in [-0.4, -0.2) is 21.2 Å². The summed E-state index contributed by atoms with van der Waals surface area (Å²) in [5, 5.41) is 12.2. The summed E-state index contributed by atoms with van der Waals surface area (Å²) >= 11 is 2.91. The first-order valence-corrected chi connectivity index (χ1v) is 10.9. The number of anilines is 2. The Morgan fingerprint density at radius 3 is 2.39 bits per heavy atom. The van der Waals surface area contributed by atoms with E-state index < -0.39 is 0 Å². The Hall–Kier alpha value is -2.18. The van der Waals surface area contributed by atoms with Gasteiger partial charge in [-0.2, -0.15) is 0 Å². The van der Waals surface area contributed by atoms with E-state index in [1.807, 2.05) is 62.4 Å². The van der Waals surface area contributed by atoms with Crippen LogP contribution in [0.5, 0.6) is 0 Å². The highest BCUT2D eigenvalue weighted by atomic mass is 32.2. The average Bonchev–Trinajstić information content (AvgIpc) is 3.09. The SMILES string of the molecule is Cc1ccccc1Nc1nnc(S[C@@H](C)C(=O)c2ccc(C(C)(C)C)cc2)s1. The number of ketones is 1. The molecule has 0 fully saturated rings. The van der Waals surface area contributed by atoms with E-state index in [1.54, 1.807) is 0 Å². The van der Waals surface area contributed by atoms with E-state index in [4.69, 9.17) is 0 Å². The lowest BCUT2D eigenvalue weighted by Crippen LogP contribution is -2.15. The number of aryl methyl sites for hydroxylation is 1. The first-order chi connectivity index (χ1) is 13.2. The van der Waals surface area contributed by atoms with Crippen molar-refractivity contribution in [2.45, 2.75) is 49.6 Å². The summed E-state index contributed by atoms with van der Waals surface area (Å²) in [6.07, 6.45) is 0. The Kier molecular flexibility index (Phi) is 6.20. The molecule has 6 heteroatoms. The van der Waals surface area contributed by atoms with Gasteiger partial charge in [-0.05, 0) is 36.5 Å². The van der Waals surface area contributed by atoms with Crippen LogP contribution in [0.25, 0.3) is 0 Å². The monoisotopic (exact) mass is 411 g/mol. The number of nitrogens with one attached hydrogen (secondary N) is 1. The van der Waals surface area contributed by atoms with E-state index in [1.165, 1.54) is 28.7 Å². The first-order valence-electron chi connectivity index (χ1n) is 9.21. The van der Waals surface area contributed by atoms with Crippen molar-refractivity contribution in [3.05, 3.63) is 65.2 Å². The van der Waals surface area contributed by atoms with Gasteiger partial charge < -0.3 is 5.32 Å². The number of carbonyl (C=O) groups is 1. The minimum absolute atomic E-state index is 0.0784. The third-order valence-electron chi connectivity index (χ3n) is 4.48. The van der Waals surface area contributed by atoms with Gasteiger partial charge >= 0.3 is 0 Å². The van der Waals surface area contributed by atoms with Gasteiger partial charge in [0.15, 0.2) is 10.1 Å². The summed E-state index contributed by atoms with van der Waals surface area (Å²) in [5.41, 5.74) is 4.19. The van der Waals surface area contributed by atoms with Gasteiger partial charge in [0, 0.05) is 11.3 Å². The number of thioether (sulfide) groups is 1. The molecule has 0 saturated carbocycles. The number of rotatable bonds is 6. The molecule has 0 amide bonds. The van der Waals surface area contributed by atoms with Gasteiger partial charge in [-0.3, -0.25) is 4.79 Å². The van der Waals surface area contributed by atoms with Gasteiger partial charge in [0.1, 0.15) is 0 Å². The molecule has 0 radical (unpaired) electrons. The van der Waals surface area contributed by atoms with E-state index in [9.17, 15) is 4.79 Å². The molecule has 0 bridgehead atoms. The van der Waals surface area contributed by atoms with Crippen LogP contribution in [0, 0.1) is 6.92 Å². The van der Waals surface area contributed by atoms with Crippen molar-refractivity contribution < 1.29 is 4.79 Å². The third kappa shape index (κ3) is 5.00. The van der Waals surface area contributed by atoms with Crippen LogP contribution in [0.3, 0.4) is 0 Å². The van der Waals surface area contributed by atoms with Crippen molar-refractivity contribution in [3.63, 3.8) is 0 Å². The molecule has 2 aromatic carbocycles. The molecule has 1 atom stereocenters. The molecule has 0 aliphatic carbocycles. The zero-order valence-electron chi connectivity index (χ0n) is 16.8. The summed E-state index contributed by atoms with van der Waals surface area (Å²) in [4.78, 5) is 12.8. The first kappa shape index (κ1) is 20.6. The molecule has 0 spiro atoms. The lowest BCUT2D eigenvalue weighted by molar-refractivity contribution is 0.0994. The van der Waals surface area contributed by atoms with E-state index in [2.05, 4.69) is 36.3 Å². The van der Waals surface area contributed by atoms with Crippen LogP contribution in [-0.2, 0) is 5.41 Å². The molecule has 28 heavy (non-hydrogen) atoms. The number of Topliss-reactive ketones (excluding diaryl/α,β-unsaturated/α-hetero) is 1. The van der Waals surface area contributed by atoms with Gasteiger partial charge in [0.05, 0.1) is 5.25 Å². The molecule has 0 saturated heterocycles. The smallest absolute Gasteiger partial charge is 0.210 e. The predicted molar refractivity (Wildman–Crippen MR) is 119 cm³/mol. The van der Waals surface area contributed by atoms with E-state index in [0.717, 1.165) is 26.3 Å². The second-order valence-corrected chi connectivity index (χ2v) is 10.3. The zero-order valence-corrected chi connectivity index (χ0v) is 18.4. The molecule has 3 rings (SSSR count). The third-order valence-corrected chi connectivity index (χ3v) is 6.50. The number of hydrogen-bond acceptors (Lipinski definition) is 6. The number of hydrogen-bond donors (Lipinski definition) is 1. The van der Waals surface area contributed by atoms with Crippen molar-refractivity contribution in [2.24, 2.45) is 0 Å². The molecule has 0 aliphatic rings. The fourth-order valence-corrected chi connectivity index (χ4v) is 4.70. The Morgan fingerprint density at radius 2 is 1.75 bits per heavy atom. The Bertz CT molecular complexity index is 958. The molecule has 1 heterocycles. The molecular formula is C22H25N3OS2. The van der Waals surface area contributed by atoms with Crippen molar-refractivity contribution in [3.8, 4) is 0 Å². The topological polar surface area (TPSA) is 54.9 Å². The van der Waals surface area contributed by atoms with E-state index >= 15 is 0 Å². The Morgan fingerprint density at radius 1 is 1.07 bits per heavy atom. The average molecular weight is 412 g/mol. The summed E-state index contributed by atoms with van der Waals surface area (Å²) in [5.74, 6) is 0.106. The number of nitrogens with zero attached hydrogens (tertiary/aromatic N) is 2. The second-order valence-electron chi connectivity index (χ2n) is 7.76. The van der Waals surface area contributed by atoms with Crippen molar-refractivity contribution in [1.29, 1.82) is 0 Å². The number of aromatic nitrogens is 2. The maximum absolute atomic E-state index is 12.8. The van der Waals surface area contributed by atoms with Crippen molar-refractivity contribution >= 4 is 39.7 Å². The zero-order chi connectivity index (χ0) is 20.3. The molecular weight excluding hydrogens is 386 g/mol. The highest BCUT2D eigenvalue weighted by molar-refractivity contribution is 8.02. The minimum atomic E-state index is -0.222. The number of para-hydroxylation sites is 1. The molecule has 0 unspecified atom stereocenters. The standard InChI is InChI=1S/C22H25N3OS2/c1-14-8-6-7-9-18(14)23-20-24-25-21(28-20)27-15(2)19(26)16-10-12-17(13-11-16)22(3,4)5/h6-13,15H,1-5H3,(H,23,24)/t15-/m0/s1. The maximum atomic E-state index is 12.8. The van der Waals surface area contributed by atoms with Crippen LogP contribution in [0.1, 0.15) is 49.2 Å². The number of carbonyl (C=O) groups excluding carboxylic acids is 1. The molecule has 146 valence electrons. The second kappa shape index (κ2) is 8.45.